The van der Waals surface area contributed by atoms with Crippen LogP contribution in [0.15, 0.2) is 0 Å². The van der Waals surface area contributed by atoms with E-state index in [1.807, 2.05) is 11.8 Å². The molecule has 1 rings (SSSR count). The molecule has 0 aromatic rings. The molecule has 0 aromatic heterocycles. The van der Waals surface area contributed by atoms with E-state index in [0.29, 0.717) is 19.4 Å². The van der Waals surface area contributed by atoms with Gasteiger partial charge in [0.1, 0.15) is 5.78 Å². The minimum Gasteiger partial charge on any atom is -0.480 e. The molecule has 1 aliphatic heterocycles. The van der Waals surface area contributed by atoms with E-state index in [2.05, 4.69) is 0 Å². The van der Waals surface area contributed by atoms with Gasteiger partial charge in [-0.1, -0.05) is 0 Å². The topological polar surface area (TPSA) is 57.6 Å². The third-order valence-electron chi connectivity index (χ3n) is 2.16. The van der Waals surface area contributed by atoms with Gasteiger partial charge in [0.15, 0.2) is 0 Å². The zero-order valence-corrected chi connectivity index (χ0v) is 7.12. The molecule has 0 aromatic carbocycles. The lowest BCUT2D eigenvalue weighted by Gasteiger charge is -2.30. The number of rotatable bonds is 2. The van der Waals surface area contributed by atoms with E-state index in [0.717, 1.165) is 0 Å². The molecule has 0 spiro atoms. The molecule has 0 radical (unpaired) electrons. The number of piperidine rings is 1. The second-order valence-electron chi connectivity index (χ2n) is 3.21. The molecule has 1 heterocycles. The van der Waals surface area contributed by atoms with Crippen molar-refractivity contribution in [1.29, 1.82) is 0 Å². The maximum atomic E-state index is 10.9. The first-order valence-electron chi connectivity index (χ1n) is 4.07. The van der Waals surface area contributed by atoms with E-state index >= 15 is 0 Å². The Bertz CT molecular complexity index is 202. The maximum Gasteiger partial charge on any atom is 0.317 e. The average molecular weight is 171 g/mol. The van der Waals surface area contributed by atoms with Crippen molar-refractivity contribution in [1.82, 2.24) is 4.90 Å². The zero-order valence-electron chi connectivity index (χ0n) is 7.12. The lowest BCUT2D eigenvalue weighted by molar-refractivity contribution is -0.140. The van der Waals surface area contributed by atoms with Crippen molar-refractivity contribution in [3.05, 3.63) is 0 Å². The molecule has 1 unspecified atom stereocenters. The molecule has 0 bridgehead atoms. The Morgan fingerprint density at radius 3 is 2.92 bits per heavy atom. The van der Waals surface area contributed by atoms with Crippen LogP contribution in [0.4, 0.5) is 0 Å². The van der Waals surface area contributed by atoms with Crippen LogP contribution in [-0.2, 0) is 9.59 Å². The Kier molecular flexibility index (Phi) is 2.81. The van der Waals surface area contributed by atoms with E-state index in [1.165, 1.54) is 0 Å². The first-order valence-corrected chi connectivity index (χ1v) is 4.07. The lowest BCUT2D eigenvalue weighted by atomic mass is 10.0. The van der Waals surface area contributed by atoms with E-state index in [1.54, 1.807) is 0 Å². The highest BCUT2D eigenvalue weighted by atomic mass is 16.4. The number of carboxylic acid groups (broad SMARTS) is 1. The number of nitrogens with zero attached hydrogens (tertiary/aromatic N) is 1. The number of aliphatic carboxylic acids is 1. The maximum absolute atomic E-state index is 10.9. The molecule has 0 amide bonds. The summed E-state index contributed by atoms with van der Waals surface area (Å²) >= 11 is 0. The molecule has 1 N–H and O–H groups in total. The number of ketones is 1. The second-order valence-corrected chi connectivity index (χ2v) is 3.21. The summed E-state index contributed by atoms with van der Waals surface area (Å²) in [5.74, 6) is -0.583. The summed E-state index contributed by atoms with van der Waals surface area (Å²) in [6, 6.07) is 0.0855. The Labute approximate surface area is 71.2 Å². The number of hydrogen-bond donors (Lipinski definition) is 1. The van der Waals surface area contributed by atoms with E-state index < -0.39 is 5.97 Å². The van der Waals surface area contributed by atoms with Crippen LogP contribution in [0.3, 0.4) is 0 Å². The molecule has 1 atom stereocenters. The molecule has 1 aliphatic rings. The van der Waals surface area contributed by atoms with Crippen LogP contribution in [-0.4, -0.2) is 40.9 Å². The monoisotopic (exact) mass is 171 g/mol. The normalized spacial score (nSPS) is 25.8. The van der Waals surface area contributed by atoms with Gasteiger partial charge in [-0.3, -0.25) is 14.5 Å². The standard InChI is InChI=1S/C8H13NO3/c1-6-4-7(10)2-3-9(6)5-8(11)12/h6H,2-5H2,1H3,(H,11,12). The molecule has 68 valence electrons. The molecule has 0 aliphatic carbocycles. The highest BCUT2D eigenvalue weighted by Crippen LogP contribution is 2.12. The predicted octanol–water partition coefficient (Wildman–Crippen LogP) is 0.124. The fourth-order valence-electron chi connectivity index (χ4n) is 1.46. The van der Waals surface area contributed by atoms with Gasteiger partial charge >= 0.3 is 5.97 Å². The molecule has 0 saturated carbocycles. The van der Waals surface area contributed by atoms with Crippen LogP contribution < -0.4 is 0 Å². The van der Waals surface area contributed by atoms with Crippen LogP contribution in [0.25, 0.3) is 0 Å². The van der Waals surface area contributed by atoms with E-state index in [9.17, 15) is 9.59 Å². The highest BCUT2D eigenvalue weighted by molar-refractivity contribution is 5.80. The summed E-state index contributed by atoms with van der Waals surface area (Å²) in [5.41, 5.74) is 0. The van der Waals surface area contributed by atoms with Crippen molar-refractivity contribution >= 4 is 11.8 Å². The molecule has 1 fully saturated rings. The predicted molar refractivity (Wildman–Crippen MR) is 42.9 cm³/mol. The van der Waals surface area contributed by atoms with Gasteiger partial charge in [0.05, 0.1) is 6.54 Å². The fourth-order valence-corrected chi connectivity index (χ4v) is 1.46. The third-order valence-corrected chi connectivity index (χ3v) is 2.16. The van der Waals surface area contributed by atoms with Crippen molar-refractivity contribution in [2.24, 2.45) is 0 Å². The number of carbonyl (C=O) groups is 2. The fraction of sp³-hybridized carbons (Fsp3) is 0.750. The van der Waals surface area contributed by atoms with Crippen LogP contribution in [0, 0.1) is 0 Å². The van der Waals surface area contributed by atoms with Gasteiger partial charge in [-0.15, -0.1) is 0 Å². The highest BCUT2D eigenvalue weighted by Gasteiger charge is 2.24. The number of carbonyl (C=O) groups excluding carboxylic acids is 1. The van der Waals surface area contributed by atoms with Crippen LogP contribution in [0.1, 0.15) is 19.8 Å². The summed E-state index contributed by atoms with van der Waals surface area (Å²) in [7, 11) is 0. The summed E-state index contributed by atoms with van der Waals surface area (Å²) < 4.78 is 0. The van der Waals surface area contributed by atoms with Gasteiger partial charge in [0, 0.05) is 25.4 Å². The largest absolute Gasteiger partial charge is 0.480 e. The number of hydrogen-bond acceptors (Lipinski definition) is 3. The van der Waals surface area contributed by atoms with Gasteiger partial charge in [0.25, 0.3) is 0 Å². The molecular formula is C8H13NO3. The first kappa shape index (κ1) is 9.19. The van der Waals surface area contributed by atoms with Crippen molar-refractivity contribution in [2.45, 2.75) is 25.8 Å². The summed E-state index contributed by atoms with van der Waals surface area (Å²) in [4.78, 5) is 23.1. The summed E-state index contributed by atoms with van der Waals surface area (Å²) in [5, 5.41) is 8.52. The van der Waals surface area contributed by atoms with Gasteiger partial charge in [-0.2, -0.15) is 0 Å². The lowest BCUT2D eigenvalue weighted by Crippen LogP contribution is -2.43. The van der Waals surface area contributed by atoms with Crippen LogP contribution in [0.2, 0.25) is 0 Å². The first-order chi connectivity index (χ1) is 5.59. The van der Waals surface area contributed by atoms with Crippen LogP contribution >= 0.6 is 0 Å². The molecule has 4 heteroatoms. The quantitative estimate of drug-likeness (QED) is 0.641. The van der Waals surface area contributed by atoms with Crippen molar-refractivity contribution in [3.8, 4) is 0 Å². The third kappa shape index (κ3) is 2.30. The van der Waals surface area contributed by atoms with Gasteiger partial charge in [0.2, 0.25) is 0 Å². The molecule has 1 saturated heterocycles. The minimum atomic E-state index is -0.823. The average Bonchev–Trinajstić information content (AvgIpc) is 1.94. The van der Waals surface area contributed by atoms with Crippen molar-refractivity contribution < 1.29 is 14.7 Å². The Hall–Kier alpha value is -0.900. The van der Waals surface area contributed by atoms with E-state index in [-0.39, 0.29) is 18.4 Å². The number of likely N-dealkylation sites (tertiary alicyclic amines) is 1. The SMILES string of the molecule is CC1CC(=O)CCN1CC(=O)O. The van der Waals surface area contributed by atoms with Gasteiger partial charge < -0.3 is 5.11 Å². The Morgan fingerprint density at radius 1 is 1.75 bits per heavy atom. The number of Topliss-reactive ketones (excluding diaryl/α,β-unsaturated/α-hetero) is 1. The smallest absolute Gasteiger partial charge is 0.317 e. The minimum absolute atomic E-state index is 0.0500. The second kappa shape index (κ2) is 3.67. The molecular weight excluding hydrogens is 158 g/mol. The number of carboxylic acids is 1. The summed E-state index contributed by atoms with van der Waals surface area (Å²) in [6.45, 7) is 2.53. The Balaban J connectivity index is 2.45. The summed E-state index contributed by atoms with van der Waals surface area (Å²) in [6.07, 6.45) is 0.991. The van der Waals surface area contributed by atoms with Crippen LogP contribution in [0.5, 0.6) is 0 Å². The van der Waals surface area contributed by atoms with E-state index in [4.69, 9.17) is 5.11 Å². The van der Waals surface area contributed by atoms with Gasteiger partial charge in [-0.05, 0) is 6.92 Å². The van der Waals surface area contributed by atoms with Crippen molar-refractivity contribution in [3.63, 3.8) is 0 Å². The Morgan fingerprint density at radius 2 is 2.42 bits per heavy atom. The van der Waals surface area contributed by atoms with Gasteiger partial charge in [-0.25, -0.2) is 0 Å². The zero-order chi connectivity index (χ0) is 9.14. The van der Waals surface area contributed by atoms with Crippen molar-refractivity contribution in [2.75, 3.05) is 13.1 Å². The molecule has 4 nitrogen and oxygen atoms in total. The molecule has 12 heavy (non-hydrogen) atoms.